The lowest BCUT2D eigenvalue weighted by atomic mass is 9.97. The molecule has 0 N–H and O–H groups in total. The quantitative estimate of drug-likeness (QED) is 0.739. The molecule has 1 amide bonds. The first-order valence-electron chi connectivity index (χ1n) is 10.0. The van der Waals surface area contributed by atoms with Gasteiger partial charge in [0.2, 0.25) is 0 Å². The van der Waals surface area contributed by atoms with E-state index in [0.717, 1.165) is 36.3 Å². The Labute approximate surface area is 167 Å². The van der Waals surface area contributed by atoms with Crippen LogP contribution in [0.4, 0.5) is 0 Å². The van der Waals surface area contributed by atoms with Crippen molar-refractivity contribution in [2.45, 2.75) is 66.0 Å². The summed E-state index contributed by atoms with van der Waals surface area (Å²) < 4.78 is 7.43. The number of piperidine rings is 1. The van der Waals surface area contributed by atoms with E-state index in [2.05, 4.69) is 13.8 Å². The topological polar surface area (TPSA) is 51.5 Å². The zero-order valence-corrected chi connectivity index (χ0v) is 17.5. The van der Waals surface area contributed by atoms with Crippen molar-refractivity contribution < 1.29 is 14.3 Å². The maximum absolute atomic E-state index is 12.7. The Morgan fingerprint density at radius 3 is 2.25 bits per heavy atom. The molecule has 28 heavy (non-hydrogen) atoms. The van der Waals surface area contributed by atoms with Gasteiger partial charge in [0, 0.05) is 29.2 Å². The van der Waals surface area contributed by atoms with Gasteiger partial charge in [-0.15, -0.1) is 0 Å². The summed E-state index contributed by atoms with van der Waals surface area (Å²) in [5.74, 6) is -0.558. The molecule has 150 valence electrons. The van der Waals surface area contributed by atoms with Gasteiger partial charge in [0.15, 0.2) is 6.61 Å². The third-order valence-corrected chi connectivity index (χ3v) is 5.75. The summed E-state index contributed by atoms with van der Waals surface area (Å²) in [6.45, 7) is 9.83. The van der Waals surface area contributed by atoms with Gasteiger partial charge in [-0.2, -0.15) is 0 Å². The number of hydrogen-bond acceptors (Lipinski definition) is 3. The molecule has 1 aromatic carbocycles. The van der Waals surface area contributed by atoms with Crippen LogP contribution in [0.2, 0.25) is 0 Å². The molecule has 1 aromatic heterocycles. The lowest BCUT2D eigenvalue weighted by Gasteiger charge is -2.38. The zero-order chi connectivity index (χ0) is 20.4. The van der Waals surface area contributed by atoms with Crippen LogP contribution >= 0.6 is 0 Å². The Hall–Kier alpha value is -2.56. The Balaban J connectivity index is 1.72. The minimum Gasteiger partial charge on any atom is -0.452 e. The third kappa shape index (κ3) is 3.98. The van der Waals surface area contributed by atoms with Crippen LogP contribution < -0.4 is 0 Å². The molecule has 5 heteroatoms. The molecule has 0 bridgehead atoms. The first kappa shape index (κ1) is 20.2. The van der Waals surface area contributed by atoms with Crippen LogP contribution in [0.3, 0.4) is 0 Å². The average Bonchev–Trinajstić information content (AvgIpc) is 2.95. The Morgan fingerprint density at radius 2 is 1.64 bits per heavy atom. The van der Waals surface area contributed by atoms with E-state index < -0.39 is 5.97 Å². The monoisotopic (exact) mass is 382 g/mol. The summed E-state index contributed by atoms with van der Waals surface area (Å²) in [5.41, 5.74) is 4.47. The van der Waals surface area contributed by atoms with E-state index in [0.29, 0.717) is 5.56 Å². The predicted octanol–water partition coefficient (Wildman–Crippen LogP) is 4.35. The molecule has 1 saturated heterocycles. The van der Waals surface area contributed by atoms with Gasteiger partial charge in [-0.1, -0.05) is 17.7 Å². The average molecular weight is 383 g/mol. The van der Waals surface area contributed by atoms with Crippen LogP contribution in [0.5, 0.6) is 0 Å². The zero-order valence-electron chi connectivity index (χ0n) is 17.5. The summed E-state index contributed by atoms with van der Waals surface area (Å²) >= 11 is 0. The number of nitrogens with zero attached hydrogens (tertiary/aromatic N) is 2. The minimum atomic E-state index is -0.447. The van der Waals surface area contributed by atoms with Crippen molar-refractivity contribution in [3.63, 3.8) is 0 Å². The molecular weight excluding hydrogens is 352 g/mol. The molecule has 1 fully saturated rings. The van der Waals surface area contributed by atoms with Crippen LogP contribution in [0.15, 0.2) is 30.3 Å². The third-order valence-electron chi connectivity index (χ3n) is 5.75. The van der Waals surface area contributed by atoms with Gasteiger partial charge in [-0.05, 0) is 72.1 Å². The second kappa shape index (κ2) is 8.21. The van der Waals surface area contributed by atoms with Crippen molar-refractivity contribution >= 4 is 11.9 Å². The van der Waals surface area contributed by atoms with Crippen molar-refractivity contribution in [3.8, 4) is 5.69 Å². The summed E-state index contributed by atoms with van der Waals surface area (Å²) in [5, 5.41) is 0. The van der Waals surface area contributed by atoms with Gasteiger partial charge in [0.05, 0.1) is 5.56 Å². The molecule has 0 unspecified atom stereocenters. The number of ether oxygens (including phenoxy) is 1. The lowest BCUT2D eigenvalue weighted by Crippen LogP contribution is -2.49. The van der Waals surface area contributed by atoms with Crippen molar-refractivity contribution in [1.29, 1.82) is 0 Å². The number of carbonyl (C=O) groups is 2. The van der Waals surface area contributed by atoms with Crippen LogP contribution in [-0.2, 0) is 9.53 Å². The number of hydrogen-bond donors (Lipinski definition) is 0. The Kier molecular flexibility index (Phi) is 5.92. The van der Waals surface area contributed by atoms with E-state index in [1.54, 1.807) is 0 Å². The molecule has 2 aromatic rings. The SMILES string of the molecule is Cc1ccc(-n2c(C)cc(C(=O)OCC(=O)N3[C@@H](C)CCC[C@@H]3C)c2C)cc1. The summed E-state index contributed by atoms with van der Waals surface area (Å²) in [7, 11) is 0. The van der Waals surface area contributed by atoms with E-state index in [1.807, 2.05) is 60.6 Å². The summed E-state index contributed by atoms with van der Waals surface area (Å²) in [6.07, 6.45) is 3.14. The molecular formula is C23H30N2O3. The minimum absolute atomic E-state index is 0.111. The van der Waals surface area contributed by atoms with Gasteiger partial charge in [0.1, 0.15) is 0 Å². The summed E-state index contributed by atoms with van der Waals surface area (Å²) in [4.78, 5) is 27.1. The van der Waals surface area contributed by atoms with E-state index in [9.17, 15) is 9.59 Å². The van der Waals surface area contributed by atoms with Crippen LogP contribution in [0.1, 0.15) is 60.4 Å². The van der Waals surface area contributed by atoms with Crippen molar-refractivity contribution in [2.24, 2.45) is 0 Å². The number of aromatic nitrogens is 1. The number of esters is 1. The first-order valence-corrected chi connectivity index (χ1v) is 10.0. The maximum atomic E-state index is 12.7. The van der Waals surface area contributed by atoms with Crippen LogP contribution in [0, 0.1) is 20.8 Å². The Morgan fingerprint density at radius 1 is 1.04 bits per heavy atom. The number of carbonyl (C=O) groups excluding carboxylic acids is 2. The second-order valence-corrected chi connectivity index (χ2v) is 7.96. The number of rotatable bonds is 4. The normalized spacial score (nSPS) is 19.5. The molecule has 2 atom stereocenters. The predicted molar refractivity (Wildman–Crippen MR) is 110 cm³/mol. The van der Waals surface area contributed by atoms with Gasteiger partial charge >= 0.3 is 5.97 Å². The largest absolute Gasteiger partial charge is 0.452 e. The van der Waals surface area contributed by atoms with Gasteiger partial charge in [-0.25, -0.2) is 4.79 Å². The first-order chi connectivity index (χ1) is 13.3. The van der Waals surface area contributed by atoms with Gasteiger partial charge in [0.25, 0.3) is 5.91 Å². The number of likely N-dealkylation sites (tertiary alicyclic amines) is 1. The van der Waals surface area contributed by atoms with Gasteiger partial charge < -0.3 is 14.2 Å². The fourth-order valence-corrected chi connectivity index (χ4v) is 4.25. The highest BCUT2D eigenvalue weighted by Crippen LogP contribution is 2.24. The van der Waals surface area contributed by atoms with Crippen molar-refractivity contribution in [1.82, 2.24) is 9.47 Å². The molecule has 0 aliphatic carbocycles. The number of amides is 1. The smallest absolute Gasteiger partial charge is 0.340 e. The molecule has 0 spiro atoms. The van der Waals surface area contributed by atoms with E-state index in [-0.39, 0.29) is 24.6 Å². The highest BCUT2D eigenvalue weighted by Gasteiger charge is 2.29. The molecule has 1 aliphatic rings. The highest BCUT2D eigenvalue weighted by atomic mass is 16.5. The maximum Gasteiger partial charge on any atom is 0.340 e. The van der Waals surface area contributed by atoms with E-state index in [4.69, 9.17) is 4.74 Å². The van der Waals surface area contributed by atoms with Crippen LogP contribution in [0.25, 0.3) is 5.69 Å². The van der Waals surface area contributed by atoms with E-state index >= 15 is 0 Å². The summed E-state index contributed by atoms with van der Waals surface area (Å²) in [6, 6.07) is 10.4. The number of benzene rings is 1. The van der Waals surface area contributed by atoms with Crippen LogP contribution in [-0.4, -0.2) is 40.0 Å². The highest BCUT2D eigenvalue weighted by molar-refractivity contribution is 5.93. The second-order valence-electron chi connectivity index (χ2n) is 7.96. The molecule has 2 heterocycles. The standard InChI is InChI=1S/C23H30N2O3/c1-15-9-11-20(12-10-15)25-18(4)13-21(19(25)5)23(27)28-14-22(26)24-16(2)7-6-8-17(24)3/h9-13,16-17H,6-8,14H2,1-5H3/t16-,17-/m0/s1. The van der Waals surface area contributed by atoms with Crippen molar-refractivity contribution in [2.75, 3.05) is 6.61 Å². The fourth-order valence-electron chi connectivity index (χ4n) is 4.25. The molecule has 0 radical (unpaired) electrons. The molecule has 5 nitrogen and oxygen atoms in total. The van der Waals surface area contributed by atoms with Gasteiger partial charge in [-0.3, -0.25) is 4.79 Å². The lowest BCUT2D eigenvalue weighted by molar-refractivity contribution is -0.140. The van der Waals surface area contributed by atoms with Crippen molar-refractivity contribution in [3.05, 3.63) is 52.8 Å². The van der Waals surface area contributed by atoms with E-state index in [1.165, 1.54) is 5.56 Å². The molecule has 1 aliphatic heterocycles. The molecule has 0 saturated carbocycles. The number of aryl methyl sites for hydroxylation is 2. The molecule has 3 rings (SSSR count). The fraction of sp³-hybridized carbons (Fsp3) is 0.478. The Bertz CT molecular complexity index is 857.